The van der Waals surface area contributed by atoms with Crippen LogP contribution in [0.25, 0.3) is 33.3 Å². The van der Waals surface area contributed by atoms with Gasteiger partial charge in [0.25, 0.3) is 5.91 Å². The van der Waals surface area contributed by atoms with E-state index in [1.165, 1.54) is 4.90 Å². The fourth-order valence-electron chi connectivity index (χ4n) is 4.04. The number of ether oxygens (including phenoxy) is 1. The van der Waals surface area contributed by atoms with Crippen LogP contribution in [-0.2, 0) is 9.59 Å². The van der Waals surface area contributed by atoms with Crippen molar-refractivity contribution >= 4 is 45.8 Å². The highest BCUT2D eigenvalue weighted by molar-refractivity contribution is 7.80. The number of carbonyl (C=O) groups excluding carboxylic acids is 1. The number of benzene rings is 2. The second-order valence-corrected chi connectivity index (χ2v) is 8.64. The molecule has 0 unspecified atom stereocenters. The van der Waals surface area contributed by atoms with E-state index >= 15 is 0 Å². The van der Waals surface area contributed by atoms with Crippen LogP contribution >= 0.6 is 12.2 Å². The molecule has 0 radical (unpaired) electrons. The normalized spacial score (nSPS) is 13.2. The number of aliphatic carboxylic acids is 1. The van der Waals surface area contributed by atoms with E-state index in [0.29, 0.717) is 29.6 Å². The first kappa shape index (κ1) is 23.4. The quantitative estimate of drug-likeness (QED) is 0.272. The van der Waals surface area contributed by atoms with E-state index in [2.05, 4.69) is 10.3 Å². The highest BCUT2D eigenvalue weighted by Gasteiger charge is 2.29. The van der Waals surface area contributed by atoms with Crippen LogP contribution in [0.15, 0.2) is 73.1 Å². The number of hydrogen-bond donors (Lipinski definition) is 2. The summed E-state index contributed by atoms with van der Waals surface area (Å²) >= 11 is 5.36. The zero-order chi connectivity index (χ0) is 25.1. The summed E-state index contributed by atoms with van der Waals surface area (Å²) in [5.74, 6) is -0.242. The maximum absolute atomic E-state index is 12.5. The summed E-state index contributed by atoms with van der Waals surface area (Å²) in [6, 6.07) is 19.4. The first-order valence-electron chi connectivity index (χ1n) is 11.4. The van der Waals surface area contributed by atoms with Gasteiger partial charge in [-0.05, 0) is 54.0 Å². The van der Waals surface area contributed by atoms with Gasteiger partial charge in [-0.25, -0.2) is 4.98 Å². The van der Waals surface area contributed by atoms with Gasteiger partial charge in [0.05, 0.1) is 30.0 Å². The van der Waals surface area contributed by atoms with E-state index < -0.39 is 5.97 Å². The van der Waals surface area contributed by atoms with Gasteiger partial charge in [0.2, 0.25) is 0 Å². The van der Waals surface area contributed by atoms with Crippen LogP contribution in [0, 0.1) is 0 Å². The molecule has 1 aliphatic heterocycles. The second-order valence-electron chi connectivity index (χ2n) is 8.25. The number of carboxylic acids is 1. The van der Waals surface area contributed by atoms with Crippen LogP contribution in [0.4, 0.5) is 5.69 Å². The summed E-state index contributed by atoms with van der Waals surface area (Å²) in [5, 5.41) is 12.8. The third-order valence-corrected chi connectivity index (χ3v) is 6.17. The molecule has 0 bridgehead atoms. The van der Waals surface area contributed by atoms with Crippen molar-refractivity contribution in [2.24, 2.45) is 0 Å². The van der Waals surface area contributed by atoms with Gasteiger partial charge >= 0.3 is 5.97 Å². The van der Waals surface area contributed by atoms with E-state index in [4.69, 9.17) is 27.0 Å². The molecule has 3 heterocycles. The topological polar surface area (TPSA) is 105 Å². The van der Waals surface area contributed by atoms with Crippen molar-refractivity contribution in [1.82, 2.24) is 15.3 Å². The van der Waals surface area contributed by atoms with Gasteiger partial charge < -0.3 is 15.2 Å². The Bertz CT molecular complexity index is 1440. The third kappa shape index (κ3) is 4.87. The van der Waals surface area contributed by atoms with Gasteiger partial charge in [-0.1, -0.05) is 36.4 Å². The van der Waals surface area contributed by atoms with Crippen molar-refractivity contribution < 1.29 is 19.4 Å². The number of anilines is 1. The van der Waals surface area contributed by atoms with E-state index in [9.17, 15) is 9.59 Å². The van der Waals surface area contributed by atoms with Crippen LogP contribution in [0.5, 0.6) is 5.75 Å². The van der Waals surface area contributed by atoms with Gasteiger partial charge in [-0.3, -0.25) is 19.5 Å². The molecule has 0 atom stereocenters. The second kappa shape index (κ2) is 10.1. The predicted octanol–water partition coefficient (Wildman–Crippen LogP) is 4.43. The van der Waals surface area contributed by atoms with Crippen molar-refractivity contribution in [1.29, 1.82) is 0 Å². The molecule has 1 amide bonds. The predicted molar refractivity (Wildman–Crippen MR) is 141 cm³/mol. The first-order chi connectivity index (χ1) is 17.5. The average Bonchev–Trinajstić information content (AvgIpc) is 3.24. The number of carboxylic acid groups (broad SMARTS) is 1. The fourth-order valence-corrected chi connectivity index (χ4v) is 4.31. The van der Waals surface area contributed by atoms with Gasteiger partial charge in [0.1, 0.15) is 5.75 Å². The lowest BCUT2D eigenvalue weighted by Gasteiger charge is -2.18. The Labute approximate surface area is 212 Å². The largest absolute Gasteiger partial charge is 0.494 e. The lowest BCUT2D eigenvalue weighted by Crippen LogP contribution is -2.30. The molecular weight excluding hydrogens is 476 g/mol. The summed E-state index contributed by atoms with van der Waals surface area (Å²) in [6.07, 6.45) is 3.92. The molecule has 8 nitrogen and oxygen atoms in total. The van der Waals surface area contributed by atoms with Gasteiger partial charge in [-0.2, -0.15) is 0 Å². The molecule has 2 N–H and O–H groups in total. The van der Waals surface area contributed by atoms with Crippen LogP contribution in [-0.4, -0.2) is 45.2 Å². The van der Waals surface area contributed by atoms with Crippen molar-refractivity contribution in [2.75, 3.05) is 18.1 Å². The molecule has 2 aromatic carbocycles. The Kier molecular flexibility index (Phi) is 6.55. The summed E-state index contributed by atoms with van der Waals surface area (Å²) in [7, 11) is 0. The van der Waals surface area contributed by atoms with E-state index in [-0.39, 0.29) is 18.9 Å². The lowest BCUT2D eigenvalue weighted by atomic mass is 10.0. The maximum Gasteiger partial charge on any atom is 0.303 e. The highest BCUT2D eigenvalue weighted by atomic mass is 32.1. The molecular formula is C27H22N4O4S. The molecule has 0 aliphatic carbocycles. The minimum Gasteiger partial charge on any atom is -0.494 e. The van der Waals surface area contributed by atoms with Crippen molar-refractivity contribution in [2.45, 2.75) is 12.8 Å². The molecule has 1 aliphatic rings. The number of thiocarbonyl (C=S) groups is 1. The van der Waals surface area contributed by atoms with E-state index in [1.54, 1.807) is 12.4 Å². The van der Waals surface area contributed by atoms with Crippen LogP contribution in [0.1, 0.15) is 12.8 Å². The monoisotopic (exact) mass is 498 g/mol. The van der Waals surface area contributed by atoms with Crippen LogP contribution in [0.2, 0.25) is 0 Å². The Morgan fingerprint density at radius 3 is 2.42 bits per heavy atom. The number of hydrogen-bond acceptors (Lipinski definition) is 6. The number of amides is 1. The number of aromatic nitrogens is 2. The van der Waals surface area contributed by atoms with Crippen LogP contribution < -0.4 is 15.0 Å². The summed E-state index contributed by atoms with van der Waals surface area (Å²) < 4.78 is 5.61. The van der Waals surface area contributed by atoms with Gasteiger partial charge in [0.15, 0.2) is 5.11 Å². The number of nitrogens with one attached hydrogen (secondary N) is 1. The van der Waals surface area contributed by atoms with Crippen LogP contribution in [0.3, 0.4) is 0 Å². The zero-order valence-electron chi connectivity index (χ0n) is 19.2. The molecule has 4 aromatic rings. The minimum atomic E-state index is -0.825. The minimum absolute atomic E-state index is 0.0901. The summed E-state index contributed by atoms with van der Waals surface area (Å²) in [4.78, 5) is 33.6. The van der Waals surface area contributed by atoms with Crippen molar-refractivity contribution in [3.05, 3.63) is 73.1 Å². The molecule has 0 saturated carbocycles. The lowest BCUT2D eigenvalue weighted by molar-refractivity contribution is -0.137. The molecule has 5 rings (SSSR count). The smallest absolute Gasteiger partial charge is 0.303 e. The summed E-state index contributed by atoms with van der Waals surface area (Å²) in [5.41, 5.74) is 5.07. The molecule has 1 saturated heterocycles. The van der Waals surface area contributed by atoms with Gasteiger partial charge in [-0.15, -0.1) is 0 Å². The Balaban J connectivity index is 1.39. The molecule has 36 heavy (non-hydrogen) atoms. The number of pyridine rings is 2. The zero-order valence-corrected chi connectivity index (χ0v) is 20.0. The average molecular weight is 499 g/mol. The number of carbonyl (C=O) groups is 2. The number of fused-ring (bicyclic) bond motifs is 1. The van der Waals surface area contributed by atoms with E-state index in [0.717, 1.165) is 33.3 Å². The fraction of sp³-hybridized carbons (Fsp3) is 0.148. The number of rotatable bonds is 8. The molecule has 9 heteroatoms. The standard InChI is InChI=1S/C27H22N4O4S/c32-25-16-29-27(36)31(25)24-14-23(30-22-11-12-28-15-21(22)24)19-5-3-17(4-6-19)18-7-9-20(10-8-18)35-13-1-2-26(33)34/h3-12,14-15H,1-2,13,16H2,(H,29,36)(H,33,34). The Morgan fingerprint density at radius 1 is 1.06 bits per heavy atom. The van der Waals surface area contributed by atoms with Gasteiger partial charge in [0, 0.05) is 29.8 Å². The Morgan fingerprint density at radius 2 is 1.75 bits per heavy atom. The first-order valence-corrected chi connectivity index (χ1v) is 11.8. The van der Waals surface area contributed by atoms with Crippen molar-refractivity contribution in [3.63, 3.8) is 0 Å². The molecule has 1 fully saturated rings. The highest BCUT2D eigenvalue weighted by Crippen LogP contribution is 2.33. The third-order valence-electron chi connectivity index (χ3n) is 5.84. The number of nitrogens with zero attached hydrogens (tertiary/aromatic N) is 3. The SMILES string of the molecule is O=C(O)CCCOc1ccc(-c2ccc(-c3cc(N4C(=O)CNC4=S)c4cnccc4n3)cc2)cc1. The van der Waals surface area contributed by atoms with E-state index in [1.807, 2.05) is 60.7 Å². The molecule has 0 spiro atoms. The Hall–Kier alpha value is -4.37. The summed E-state index contributed by atoms with van der Waals surface area (Å²) in [6.45, 7) is 0.528. The molecule has 180 valence electrons. The van der Waals surface area contributed by atoms with Crippen molar-refractivity contribution in [3.8, 4) is 28.1 Å². The molecule has 2 aromatic heterocycles. The maximum atomic E-state index is 12.5.